The monoisotopic (exact) mass is 287 g/mol. The predicted octanol–water partition coefficient (Wildman–Crippen LogP) is 3.25. The number of rotatable bonds is 4. The molecule has 0 aliphatic carbocycles. The number of oxime groups is 1. The van der Waals surface area contributed by atoms with Crippen molar-refractivity contribution in [2.45, 2.75) is 13.3 Å². The molecule has 0 bridgehead atoms. The lowest BCUT2D eigenvalue weighted by Crippen LogP contribution is -2.15. The summed E-state index contributed by atoms with van der Waals surface area (Å²) in [6.45, 7) is 2.09. The van der Waals surface area contributed by atoms with Crippen LogP contribution < -0.4 is 10.6 Å². The lowest BCUT2D eigenvalue weighted by Gasteiger charge is -2.20. The van der Waals surface area contributed by atoms with E-state index in [0.29, 0.717) is 11.3 Å². The smallest absolute Gasteiger partial charge is 0.170 e. The van der Waals surface area contributed by atoms with Gasteiger partial charge in [-0.2, -0.15) is 0 Å². The first-order chi connectivity index (χ1) is 10.1. The maximum Gasteiger partial charge on any atom is 0.170 e. The Bertz CT molecular complexity index is 653. The van der Waals surface area contributed by atoms with E-state index in [-0.39, 0.29) is 5.84 Å². The molecule has 2 rings (SSSR count). The number of nitrogens with two attached hydrogens (primary N) is 1. The normalized spacial score (nSPS) is 11.5. The highest BCUT2D eigenvalue weighted by atomic mass is 19.1. The first kappa shape index (κ1) is 14.8. The summed E-state index contributed by atoms with van der Waals surface area (Å²) in [5, 5.41) is 11.5. The Kier molecular flexibility index (Phi) is 4.42. The van der Waals surface area contributed by atoms with E-state index in [1.807, 2.05) is 24.3 Å². The van der Waals surface area contributed by atoms with Crippen LogP contribution in [0.2, 0.25) is 0 Å². The molecule has 0 atom stereocenters. The molecule has 0 heterocycles. The molecular formula is C16H18FN3O. The first-order valence-electron chi connectivity index (χ1n) is 6.67. The summed E-state index contributed by atoms with van der Waals surface area (Å²) in [7, 11) is 1.79. The Morgan fingerprint density at radius 1 is 1.24 bits per heavy atom. The van der Waals surface area contributed by atoms with Crippen LogP contribution in [-0.4, -0.2) is 18.1 Å². The van der Waals surface area contributed by atoms with Gasteiger partial charge in [-0.1, -0.05) is 24.2 Å². The molecule has 4 nitrogen and oxygen atoms in total. The quantitative estimate of drug-likeness (QED) is 0.393. The molecule has 0 saturated heterocycles. The molecule has 110 valence electrons. The molecule has 0 saturated carbocycles. The number of anilines is 2. The number of aryl methyl sites for hydroxylation is 1. The summed E-state index contributed by atoms with van der Waals surface area (Å²) in [4.78, 5) is 1.75. The van der Waals surface area contributed by atoms with Crippen molar-refractivity contribution < 1.29 is 9.60 Å². The van der Waals surface area contributed by atoms with Gasteiger partial charge in [0, 0.05) is 18.3 Å². The largest absolute Gasteiger partial charge is 0.409 e. The maximum absolute atomic E-state index is 14.2. The van der Waals surface area contributed by atoms with Gasteiger partial charge in [0.15, 0.2) is 5.84 Å². The fraction of sp³-hybridized carbons (Fsp3) is 0.188. The van der Waals surface area contributed by atoms with E-state index in [4.69, 9.17) is 10.9 Å². The molecule has 0 spiro atoms. The summed E-state index contributed by atoms with van der Waals surface area (Å²) >= 11 is 0. The zero-order chi connectivity index (χ0) is 15.4. The zero-order valence-electron chi connectivity index (χ0n) is 12.0. The molecule has 21 heavy (non-hydrogen) atoms. The zero-order valence-corrected chi connectivity index (χ0v) is 12.0. The average Bonchev–Trinajstić information content (AvgIpc) is 2.53. The first-order valence-corrected chi connectivity index (χ1v) is 6.67. The third-order valence-electron chi connectivity index (χ3n) is 3.44. The number of hydrogen-bond acceptors (Lipinski definition) is 3. The molecule has 2 aromatic rings. The van der Waals surface area contributed by atoms with E-state index in [0.717, 1.165) is 12.1 Å². The molecule has 0 aromatic heterocycles. The van der Waals surface area contributed by atoms with E-state index in [9.17, 15) is 4.39 Å². The minimum absolute atomic E-state index is 0.115. The van der Waals surface area contributed by atoms with Gasteiger partial charge in [0.05, 0.1) is 5.69 Å². The van der Waals surface area contributed by atoms with Gasteiger partial charge in [-0.15, -0.1) is 0 Å². The second-order valence-electron chi connectivity index (χ2n) is 4.73. The topological polar surface area (TPSA) is 61.8 Å². The van der Waals surface area contributed by atoms with Gasteiger partial charge < -0.3 is 15.8 Å². The number of amidine groups is 1. The van der Waals surface area contributed by atoms with Crippen LogP contribution in [0.4, 0.5) is 15.8 Å². The predicted molar refractivity (Wildman–Crippen MR) is 82.8 cm³/mol. The number of nitrogens with zero attached hydrogens (tertiary/aromatic N) is 2. The van der Waals surface area contributed by atoms with E-state index < -0.39 is 5.82 Å². The number of benzene rings is 2. The lowest BCUT2D eigenvalue weighted by molar-refractivity contribution is 0.318. The van der Waals surface area contributed by atoms with Crippen molar-refractivity contribution in [3.8, 4) is 0 Å². The summed E-state index contributed by atoms with van der Waals surface area (Å²) in [6, 6.07) is 12.4. The fourth-order valence-electron chi connectivity index (χ4n) is 2.09. The second kappa shape index (κ2) is 6.26. The summed E-state index contributed by atoms with van der Waals surface area (Å²) in [6.07, 6.45) is 0.965. The molecule has 5 heteroatoms. The van der Waals surface area contributed by atoms with Gasteiger partial charge >= 0.3 is 0 Å². The number of hydrogen-bond donors (Lipinski definition) is 2. The minimum atomic E-state index is -0.429. The molecule has 3 N–H and O–H groups in total. The van der Waals surface area contributed by atoms with E-state index in [1.54, 1.807) is 24.1 Å². The number of halogens is 1. The van der Waals surface area contributed by atoms with Crippen molar-refractivity contribution in [1.82, 2.24) is 0 Å². The second-order valence-corrected chi connectivity index (χ2v) is 4.73. The standard InChI is InChI=1S/C16H18FN3O/c1-3-11-4-7-13(8-5-11)20(2)15-9-6-12(10-14(15)17)16(18)19-21/h4-10,21H,3H2,1-2H3,(H2,18,19). The highest BCUT2D eigenvalue weighted by Crippen LogP contribution is 2.27. The SMILES string of the molecule is CCc1ccc(N(C)c2ccc(C(N)=NO)cc2F)cc1. The van der Waals surface area contributed by atoms with E-state index in [1.165, 1.54) is 11.6 Å². The lowest BCUT2D eigenvalue weighted by atomic mass is 10.1. The van der Waals surface area contributed by atoms with Gasteiger partial charge in [-0.05, 0) is 42.3 Å². The minimum Gasteiger partial charge on any atom is -0.409 e. The van der Waals surface area contributed by atoms with E-state index in [2.05, 4.69) is 12.1 Å². The molecule has 0 radical (unpaired) electrons. The van der Waals surface area contributed by atoms with Crippen LogP contribution in [0, 0.1) is 5.82 Å². The van der Waals surface area contributed by atoms with Crippen molar-refractivity contribution in [1.29, 1.82) is 0 Å². The van der Waals surface area contributed by atoms with Gasteiger partial charge in [0.2, 0.25) is 0 Å². The Morgan fingerprint density at radius 2 is 1.90 bits per heavy atom. The molecule has 0 aliphatic rings. The third-order valence-corrected chi connectivity index (χ3v) is 3.44. The molecule has 0 unspecified atom stereocenters. The fourth-order valence-corrected chi connectivity index (χ4v) is 2.09. The van der Waals surface area contributed by atoms with Crippen LogP contribution in [0.15, 0.2) is 47.6 Å². The van der Waals surface area contributed by atoms with Crippen LogP contribution >= 0.6 is 0 Å². The summed E-state index contributed by atoms with van der Waals surface area (Å²) in [5.74, 6) is -0.545. The van der Waals surface area contributed by atoms with Gasteiger partial charge in [-0.3, -0.25) is 0 Å². The van der Waals surface area contributed by atoms with Gasteiger partial charge in [0.25, 0.3) is 0 Å². The van der Waals surface area contributed by atoms with Crippen LogP contribution in [0.25, 0.3) is 0 Å². The van der Waals surface area contributed by atoms with Crippen molar-refractivity contribution in [2.75, 3.05) is 11.9 Å². The molecule has 0 fully saturated rings. The molecule has 0 aliphatic heterocycles. The van der Waals surface area contributed by atoms with Crippen LogP contribution in [0.1, 0.15) is 18.1 Å². The Balaban J connectivity index is 2.32. The highest BCUT2D eigenvalue weighted by Gasteiger charge is 2.11. The van der Waals surface area contributed by atoms with Gasteiger partial charge in [0.1, 0.15) is 5.82 Å². The van der Waals surface area contributed by atoms with Crippen molar-refractivity contribution in [3.63, 3.8) is 0 Å². The van der Waals surface area contributed by atoms with E-state index >= 15 is 0 Å². The van der Waals surface area contributed by atoms with Crippen LogP contribution in [0.5, 0.6) is 0 Å². The maximum atomic E-state index is 14.2. The van der Waals surface area contributed by atoms with Gasteiger partial charge in [-0.25, -0.2) is 4.39 Å². The highest BCUT2D eigenvalue weighted by molar-refractivity contribution is 5.97. The summed E-state index contributed by atoms with van der Waals surface area (Å²) in [5.41, 5.74) is 8.34. The Hall–Kier alpha value is -2.56. The molecule has 0 amide bonds. The Labute approximate surface area is 123 Å². The van der Waals surface area contributed by atoms with Crippen molar-refractivity contribution in [2.24, 2.45) is 10.9 Å². The van der Waals surface area contributed by atoms with Crippen molar-refractivity contribution >= 4 is 17.2 Å². The third kappa shape index (κ3) is 3.13. The molecule has 2 aromatic carbocycles. The van der Waals surface area contributed by atoms with Crippen LogP contribution in [0.3, 0.4) is 0 Å². The van der Waals surface area contributed by atoms with Crippen LogP contribution in [-0.2, 0) is 6.42 Å². The Morgan fingerprint density at radius 3 is 2.43 bits per heavy atom. The summed E-state index contributed by atoms with van der Waals surface area (Å²) < 4.78 is 14.2. The van der Waals surface area contributed by atoms with Crippen molar-refractivity contribution in [3.05, 3.63) is 59.4 Å². The molecular weight excluding hydrogens is 269 g/mol. The average molecular weight is 287 g/mol.